The van der Waals surface area contributed by atoms with Gasteiger partial charge in [0.2, 0.25) is 0 Å². The van der Waals surface area contributed by atoms with Crippen LogP contribution in [0.15, 0.2) is 24.3 Å². The molecule has 2 atom stereocenters. The molecule has 0 saturated carbocycles. The molecule has 19 heavy (non-hydrogen) atoms. The summed E-state index contributed by atoms with van der Waals surface area (Å²) in [7, 11) is 3.95. The summed E-state index contributed by atoms with van der Waals surface area (Å²) in [5.74, 6) is 0.997. The van der Waals surface area contributed by atoms with Crippen molar-refractivity contribution in [2.75, 3.05) is 27.2 Å². The average Bonchev–Trinajstić information content (AvgIpc) is 2.39. The lowest BCUT2D eigenvalue weighted by atomic mass is 10.0. The van der Waals surface area contributed by atoms with E-state index in [0.29, 0.717) is 12.1 Å². The fourth-order valence-electron chi connectivity index (χ4n) is 2.97. The van der Waals surface area contributed by atoms with Gasteiger partial charge in [0.1, 0.15) is 5.75 Å². The normalized spacial score (nSPS) is 22.2. The number of piperidine rings is 1. The zero-order valence-corrected chi connectivity index (χ0v) is 12.4. The maximum absolute atomic E-state index is 5.42. The first kappa shape index (κ1) is 14.4. The lowest BCUT2D eigenvalue weighted by molar-refractivity contribution is 0.218. The lowest BCUT2D eigenvalue weighted by Gasteiger charge is -2.32. The van der Waals surface area contributed by atoms with Gasteiger partial charge in [0.15, 0.2) is 0 Å². The van der Waals surface area contributed by atoms with E-state index in [0.717, 1.165) is 18.7 Å². The van der Waals surface area contributed by atoms with Crippen molar-refractivity contribution in [1.29, 1.82) is 0 Å². The summed E-state index contributed by atoms with van der Waals surface area (Å²) in [6, 6.07) is 9.41. The zero-order valence-electron chi connectivity index (χ0n) is 12.4. The highest BCUT2D eigenvalue weighted by Gasteiger charge is 2.19. The van der Waals surface area contributed by atoms with Crippen molar-refractivity contribution in [1.82, 2.24) is 10.2 Å². The van der Waals surface area contributed by atoms with Crippen LogP contribution in [0.5, 0.6) is 5.75 Å². The zero-order chi connectivity index (χ0) is 13.7. The molecule has 106 valence electrons. The predicted octanol–water partition coefficient (Wildman–Crippen LogP) is 2.31. The minimum absolute atomic E-state index is 0.479. The fourth-order valence-corrected chi connectivity index (χ4v) is 2.97. The number of hydrogen-bond donors (Lipinski definition) is 1. The quantitative estimate of drug-likeness (QED) is 0.881. The number of para-hydroxylation sites is 1. The van der Waals surface area contributed by atoms with Gasteiger partial charge < -0.3 is 15.0 Å². The van der Waals surface area contributed by atoms with E-state index in [1.54, 1.807) is 7.11 Å². The summed E-state index contributed by atoms with van der Waals surface area (Å²) < 4.78 is 5.42. The number of nitrogens with one attached hydrogen (secondary N) is 1. The Labute approximate surface area is 116 Å². The van der Waals surface area contributed by atoms with Crippen molar-refractivity contribution < 1.29 is 4.74 Å². The molecule has 0 aromatic heterocycles. The fraction of sp³-hybridized carbons (Fsp3) is 0.625. The third-order valence-corrected chi connectivity index (χ3v) is 3.86. The molecule has 1 aliphatic heterocycles. The topological polar surface area (TPSA) is 24.5 Å². The third-order valence-electron chi connectivity index (χ3n) is 3.86. The van der Waals surface area contributed by atoms with Gasteiger partial charge in [-0.2, -0.15) is 0 Å². The van der Waals surface area contributed by atoms with Crippen molar-refractivity contribution in [2.45, 2.75) is 38.3 Å². The SMILES string of the molecule is COc1ccccc1CC(C)NC1CCCN(C)C1. The summed E-state index contributed by atoms with van der Waals surface area (Å²) in [5, 5.41) is 3.75. The molecule has 1 aromatic rings. The maximum Gasteiger partial charge on any atom is 0.122 e. The molecule has 2 rings (SSSR count). The number of hydrogen-bond acceptors (Lipinski definition) is 3. The van der Waals surface area contributed by atoms with Gasteiger partial charge in [-0.1, -0.05) is 18.2 Å². The van der Waals surface area contributed by atoms with Crippen LogP contribution in [0.1, 0.15) is 25.3 Å². The second kappa shape index (κ2) is 6.92. The van der Waals surface area contributed by atoms with E-state index in [1.807, 2.05) is 12.1 Å². The molecule has 0 bridgehead atoms. The largest absolute Gasteiger partial charge is 0.496 e. The summed E-state index contributed by atoms with van der Waals surface area (Å²) in [4.78, 5) is 2.41. The van der Waals surface area contributed by atoms with Crippen molar-refractivity contribution in [3.8, 4) is 5.75 Å². The molecule has 1 aliphatic rings. The first-order valence-corrected chi connectivity index (χ1v) is 7.25. The second-order valence-corrected chi connectivity index (χ2v) is 5.69. The van der Waals surface area contributed by atoms with Crippen molar-refractivity contribution >= 4 is 0 Å². The molecule has 1 saturated heterocycles. The van der Waals surface area contributed by atoms with Gasteiger partial charge in [0.05, 0.1) is 7.11 Å². The Morgan fingerprint density at radius 1 is 1.42 bits per heavy atom. The molecule has 0 spiro atoms. The summed E-state index contributed by atoms with van der Waals surface area (Å²) in [5.41, 5.74) is 1.29. The highest BCUT2D eigenvalue weighted by Crippen LogP contribution is 2.19. The molecule has 1 aromatic carbocycles. The van der Waals surface area contributed by atoms with Gasteiger partial charge in [0.25, 0.3) is 0 Å². The monoisotopic (exact) mass is 262 g/mol. The standard InChI is InChI=1S/C16H26N2O/c1-13(17-15-8-6-10-18(2)12-15)11-14-7-4-5-9-16(14)19-3/h4-5,7,9,13,15,17H,6,8,10-12H2,1-3H3. The first-order valence-electron chi connectivity index (χ1n) is 7.25. The van der Waals surface area contributed by atoms with Crippen molar-refractivity contribution in [3.05, 3.63) is 29.8 Å². The van der Waals surface area contributed by atoms with Gasteiger partial charge in [-0.15, -0.1) is 0 Å². The van der Waals surface area contributed by atoms with Crippen molar-refractivity contribution in [2.24, 2.45) is 0 Å². The summed E-state index contributed by atoms with van der Waals surface area (Å²) in [6.45, 7) is 4.66. The Morgan fingerprint density at radius 2 is 2.21 bits per heavy atom. The average molecular weight is 262 g/mol. The highest BCUT2D eigenvalue weighted by molar-refractivity contribution is 5.33. The Hall–Kier alpha value is -1.06. The number of likely N-dealkylation sites (N-methyl/N-ethyl adjacent to an activating group) is 1. The summed E-state index contributed by atoms with van der Waals surface area (Å²) >= 11 is 0. The van der Waals surface area contributed by atoms with E-state index in [-0.39, 0.29) is 0 Å². The van der Waals surface area contributed by atoms with Crippen LogP contribution in [0.3, 0.4) is 0 Å². The second-order valence-electron chi connectivity index (χ2n) is 5.69. The van der Waals surface area contributed by atoms with Crippen LogP contribution in [0.25, 0.3) is 0 Å². The molecule has 0 radical (unpaired) electrons. The van der Waals surface area contributed by atoms with Gasteiger partial charge >= 0.3 is 0 Å². The number of nitrogens with zero attached hydrogens (tertiary/aromatic N) is 1. The van der Waals surface area contributed by atoms with Crippen LogP contribution in [0, 0.1) is 0 Å². The summed E-state index contributed by atoms with van der Waals surface area (Å²) in [6.07, 6.45) is 3.61. The van der Waals surface area contributed by atoms with Crippen LogP contribution in [0.4, 0.5) is 0 Å². The van der Waals surface area contributed by atoms with E-state index in [2.05, 4.69) is 36.3 Å². The van der Waals surface area contributed by atoms with Gasteiger partial charge in [0, 0.05) is 18.6 Å². The minimum Gasteiger partial charge on any atom is -0.496 e. The van der Waals surface area contributed by atoms with Crippen LogP contribution in [-0.2, 0) is 6.42 Å². The Bertz CT molecular complexity index is 394. The molecule has 3 nitrogen and oxygen atoms in total. The number of rotatable bonds is 5. The van der Waals surface area contributed by atoms with E-state index in [4.69, 9.17) is 4.74 Å². The molecule has 0 amide bonds. The Kier molecular flexibility index (Phi) is 5.23. The van der Waals surface area contributed by atoms with Crippen molar-refractivity contribution in [3.63, 3.8) is 0 Å². The van der Waals surface area contributed by atoms with Gasteiger partial charge in [-0.3, -0.25) is 0 Å². The molecule has 3 heteroatoms. The Morgan fingerprint density at radius 3 is 2.95 bits per heavy atom. The molecular weight excluding hydrogens is 236 g/mol. The number of likely N-dealkylation sites (tertiary alicyclic amines) is 1. The molecular formula is C16H26N2O. The van der Waals surface area contributed by atoms with E-state index in [9.17, 15) is 0 Å². The lowest BCUT2D eigenvalue weighted by Crippen LogP contribution is -2.47. The predicted molar refractivity (Wildman–Crippen MR) is 79.8 cm³/mol. The molecule has 0 aliphatic carbocycles. The molecule has 1 N–H and O–H groups in total. The van der Waals surface area contributed by atoms with Crippen LogP contribution in [-0.4, -0.2) is 44.2 Å². The molecule has 2 unspecified atom stereocenters. The minimum atomic E-state index is 0.479. The number of ether oxygens (including phenoxy) is 1. The first-order chi connectivity index (χ1) is 9.19. The highest BCUT2D eigenvalue weighted by atomic mass is 16.5. The van der Waals surface area contributed by atoms with Crippen LogP contribution < -0.4 is 10.1 Å². The molecule has 1 fully saturated rings. The smallest absolute Gasteiger partial charge is 0.122 e. The van der Waals surface area contributed by atoms with Crippen LogP contribution >= 0.6 is 0 Å². The number of methoxy groups -OCH3 is 1. The maximum atomic E-state index is 5.42. The van der Waals surface area contributed by atoms with E-state index in [1.165, 1.54) is 24.9 Å². The van der Waals surface area contributed by atoms with E-state index >= 15 is 0 Å². The van der Waals surface area contributed by atoms with Crippen LogP contribution in [0.2, 0.25) is 0 Å². The molecule has 1 heterocycles. The number of benzene rings is 1. The Balaban J connectivity index is 1.88. The third kappa shape index (κ3) is 4.22. The van der Waals surface area contributed by atoms with Gasteiger partial charge in [-0.25, -0.2) is 0 Å². The van der Waals surface area contributed by atoms with Gasteiger partial charge in [-0.05, 0) is 51.4 Å². The van der Waals surface area contributed by atoms with E-state index < -0.39 is 0 Å².